The molecule has 7 heteroatoms. The van der Waals surface area contributed by atoms with Crippen LogP contribution in [-0.2, 0) is 9.59 Å². The minimum absolute atomic E-state index is 0.0369. The third kappa shape index (κ3) is 3.87. The predicted molar refractivity (Wildman–Crippen MR) is 130 cm³/mol. The number of amides is 2. The van der Waals surface area contributed by atoms with E-state index in [4.69, 9.17) is 12.2 Å². The van der Waals surface area contributed by atoms with Crippen LogP contribution in [0.1, 0.15) is 33.6 Å². The zero-order chi connectivity index (χ0) is 23.2. The maximum atomic E-state index is 13.4. The molecule has 6 nitrogen and oxygen atoms in total. The smallest absolute Gasteiger partial charge is 0.270 e. The van der Waals surface area contributed by atoms with Crippen LogP contribution in [0.4, 0.5) is 5.69 Å². The third-order valence-electron chi connectivity index (χ3n) is 5.46. The Morgan fingerprint density at radius 1 is 0.938 bits per heavy atom. The molecule has 0 atom stereocenters. The molecule has 2 amide bonds. The molecule has 0 aliphatic carbocycles. The van der Waals surface area contributed by atoms with Gasteiger partial charge in [-0.1, -0.05) is 12.1 Å². The lowest BCUT2D eigenvalue weighted by atomic mass is 10.1. The summed E-state index contributed by atoms with van der Waals surface area (Å²) in [6.07, 6.45) is 3.44. The van der Waals surface area contributed by atoms with E-state index in [2.05, 4.69) is 10.3 Å². The molecule has 162 valence electrons. The first-order valence-corrected chi connectivity index (χ1v) is 10.7. The summed E-state index contributed by atoms with van der Waals surface area (Å²) >= 11 is 5.33. The van der Waals surface area contributed by atoms with Crippen molar-refractivity contribution in [3.63, 3.8) is 0 Å². The highest BCUT2D eigenvalue weighted by molar-refractivity contribution is 7.80. The summed E-state index contributed by atoms with van der Waals surface area (Å²) in [5, 5.41) is 2.74. The Balaban J connectivity index is 1.77. The molecule has 32 heavy (non-hydrogen) atoms. The van der Waals surface area contributed by atoms with Crippen LogP contribution in [0.2, 0.25) is 0 Å². The van der Waals surface area contributed by atoms with Crippen molar-refractivity contribution in [1.82, 2.24) is 14.9 Å². The first-order valence-electron chi connectivity index (χ1n) is 10.3. The van der Waals surface area contributed by atoms with Gasteiger partial charge in [-0.2, -0.15) is 0 Å². The third-order valence-corrected chi connectivity index (χ3v) is 5.75. The molecule has 0 saturated carbocycles. The topological polar surface area (TPSA) is 67.2 Å². The summed E-state index contributed by atoms with van der Waals surface area (Å²) in [7, 11) is 0. The summed E-state index contributed by atoms with van der Waals surface area (Å²) in [4.78, 5) is 32.0. The van der Waals surface area contributed by atoms with Gasteiger partial charge in [0.05, 0.1) is 5.69 Å². The molecule has 1 aliphatic rings. The second-order valence-electron chi connectivity index (χ2n) is 8.16. The molecule has 0 radical (unpaired) electrons. The van der Waals surface area contributed by atoms with E-state index >= 15 is 0 Å². The van der Waals surface area contributed by atoms with Crippen molar-refractivity contribution in [2.75, 3.05) is 4.90 Å². The number of hydrogen-bond acceptors (Lipinski definition) is 4. The maximum absolute atomic E-state index is 13.4. The van der Waals surface area contributed by atoms with Gasteiger partial charge < -0.3 is 4.57 Å². The highest BCUT2D eigenvalue weighted by Gasteiger charge is 2.35. The predicted octanol–water partition coefficient (Wildman–Crippen LogP) is 4.25. The summed E-state index contributed by atoms with van der Waals surface area (Å²) in [5.74, 6) is -0.159. The Morgan fingerprint density at radius 3 is 2.25 bits per heavy atom. The maximum Gasteiger partial charge on any atom is 0.270 e. The van der Waals surface area contributed by atoms with Crippen LogP contribution in [0.5, 0.6) is 0 Å². The lowest BCUT2D eigenvalue weighted by Crippen LogP contribution is -2.54. The molecule has 4 rings (SSSR count). The Labute approximate surface area is 192 Å². The van der Waals surface area contributed by atoms with Crippen molar-refractivity contribution in [1.29, 1.82) is 0 Å². The number of thiocarbonyl (C=S) groups is 1. The molecule has 1 aromatic carbocycles. The average Bonchev–Trinajstić information content (AvgIpc) is 2.98. The first-order chi connectivity index (χ1) is 15.2. The van der Waals surface area contributed by atoms with E-state index in [9.17, 15) is 9.59 Å². The molecule has 3 heterocycles. The van der Waals surface area contributed by atoms with Gasteiger partial charge in [-0.3, -0.25) is 19.8 Å². The number of anilines is 1. The second kappa shape index (κ2) is 8.16. The van der Waals surface area contributed by atoms with E-state index < -0.39 is 11.8 Å². The van der Waals surface area contributed by atoms with Crippen molar-refractivity contribution in [3.05, 3.63) is 81.8 Å². The van der Waals surface area contributed by atoms with Crippen LogP contribution in [0, 0.1) is 34.6 Å². The van der Waals surface area contributed by atoms with Crippen LogP contribution >= 0.6 is 12.2 Å². The van der Waals surface area contributed by atoms with E-state index in [0.717, 1.165) is 39.5 Å². The molecule has 1 fully saturated rings. The number of benzene rings is 1. The lowest BCUT2D eigenvalue weighted by molar-refractivity contribution is -0.122. The van der Waals surface area contributed by atoms with Gasteiger partial charge in [0.25, 0.3) is 11.8 Å². The molecule has 0 bridgehead atoms. The summed E-state index contributed by atoms with van der Waals surface area (Å²) in [6, 6.07) is 11.7. The zero-order valence-electron chi connectivity index (χ0n) is 18.7. The van der Waals surface area contributed by atoms with Crippen LogP contribution in [0.15, 0.2) is 48.2 Å². The Morgan fingerprint density at radius 2 is 1.62 bits per heavy atom. The fourth-order valence-corrected chi connectivity index (χ4v) is 4.29. The van der Waals surface area contributed by atoms with Gasteiger partial charge in [0.1, 0.15) is 11.4 Å². The number of carbonyl (C=O) groups excluding carboxylic acids is 2. The number of carbonyl (C=O) groups is 2. The molecule has 3 aromatic rings. The largest absolute Gasteiger partial charge is 0.303 e. The van der Waals surface area contributed by atoms with Gasteiger partial charge in [0, 0.05) is 17.6 Å². The molecule has 1 saturated heterocycles. The lowest BCUT2D eigenvalue weighted by Gasteiger charge is -2.29. The van der Waals surface area contributed by atoms with Gasteiger partial charge in [0.2, 0.25) is 0 Å². The normalized spacial score (nSPS) is 15.5. The van der Waals surface area contributed by atoms with Crippen LogP contribution in [-0.4, -0.2) is 26.5 Å². The SMILES string of the molecule is Cc1ccc(-n2c(C)cc(/C=C3\C(=O)NC(=S)N(c4cc(C)cc(C)c4)C3=O)c2C)nc1. The number of hydrogen-bond donors (Lipinski definition) is 1. The highest BCUT2D eigenvalue weighted by atomic mass is 32.1. The van der Waals surface area contributed by atoms with Crippen molar-refractivity contribution in [3.8, 4) is 5.82 Å². The van der Waals surface area contributed by atoms with Gasteiger partial charge in [0.15, 0.2) is 5.11 Å². The molecular weight excluding hydrogens is 420 g/mol. The fourth-order valence-electron chi connectivity index (χ4n) is 4.01. The fraction of sp³-hybridized carbons (Fsp3) is 0.200. The average molecular weight is 445 g/mol. The standard InChI is InChI=1S/C25H24N4O2S/c1-14-6-7-22(26-13-14)28-17(4)11-19(18(28)5)12-21-23(30)27-25(32)29(24(21)31)20-9-15(2)8-16(3)10-20/h6-13H,1-5H3,(H,27,30,32)/b21-12+. The molecule has 0 unspecified atom stereocenters. The number of pyridine rings is 1. The van der Waals surface area contributed by atoms with Gasteiger partial charge in [-0.15, -0.1) is 0 Å². The minimum atomic E-state index is -0.501. The number of aryl methyl sites for hydroxylation is 4. The molecule has 2 aromatic heterocycles. The molecule has 1 N–H and O–H groups in total. The highest BCUT2D eigenvalue weighted by Crippen LogP contribution is 2.26. The summed E-state index contributed by atoms with van der Waals surface area (Å²) < 4.78 is 2.00. The second-order valence-corrected chi connectivity index (χ2v) is 8.55. The zero-order valence-corrected chi connectivity index (χ0v) is 19.5. The minimum Gasteiger partial charge on any atom is -0.303 e. The molecule has 0 spiro atoms. The van der Waals surface area contributed by atoms with Crippen LogP contribution < -0.4 is 10.2 Å². The Hall–Kier alpha value is -3.58. The van der Waals surface area contributed by atoms with E-state index in [0.29, 0.717) is 5.69 Å². The number of nitrogens with zero attached hydrogens (tertiary/aromatic N) is 3. The van der Waals surface area contributed by atoms with Crippen molar-refractivity contribution in [2.45, 2.75) is 34.6 Å². The van der Waals surface area contributed by atoms with E-state index in [1.54, 1.807) is 6.08 Å². The van der Waals surface area contributed by atoms with Gasteiger partial charge in [-0.05, 0) is 99.4 Å². The number of nitrogens with one attached hydrogen (secondary N) is 1. The Kier molecular flexibility index (Phi) is 5.52. The molecular formula is C25H24N4O2S. The Bertz CT molecular complexity index is 1280. The quantitative estimate of drug-likeness (QED) is 0.373. The monoisotopic (exact) mass is 444 g/mol. The first kappa shape index (κ1) is 21.6. The molecule has 1 aliphatic heterocycles. The number of aromatic nitrogens is 2. The van der Waals surface area contributed by atoms with E-state index in [1.165, 1.54) is 4.90 Å². The number of rotatable bonds is 3. The van der Waals surface area contributed by atoms with Crippen LogP contribution in [0.3, 0.4) is 0 Å². The summed E-state index contributed by atoms with van der Waals surface area (Å²) in [5.41, 5.74) is 6.38. The van der Waals surface area contributed by atoms with Gasteiger partial charge >= 0.3 is 0 Å². The van der Waals surface area contributed by atoms with Crippen molar-refractivity contribution < 1.29 is 9.59 Å². The summed E-state index contributed by atoms with van der Waals surface area (Å²) in [6.45, 7) is 9.81. The van der Waals surface area contributed by atoms with E-state index in [1.807, 2.05) is 81.8 Å². The van der Waals surface area contributed by atoms with Gasteiger partial charge in [-0.25, -0.2) is 4.98 Å². The van der Waals surface area contributed by atoms with Crippen molar-refractivity contribution >= 4 is 40.9 Å². The van der Waals surface area contributed by atoms with Crippen LogP contribution in [0.25, 0.3) is 11.9 Å². The van der Waals surface area contributed by atoms with E-state index in [-0.39, 0.29) is 10.7 Å². The van der Waals surface area contributed by atoms with Crippen molar-refractivity contribution in [2.24, 2.45) is 0 Å².